The van der Waals surface area contributed by atoms with Crippen molar-refractivity contribution in [2.75, 3.05) is 6.54 Å². The maximum atomic E-state index is 6.21. The molecule has 0 amide bonds. The molecule has 1 N–H and O–H groups in total. The third-order valence-corrected chi connectivity index (χ3v) is 0. The van der Waals surface area contributed by atoms with Gasteiger partial charge in [0.2, 0.25) is 0 Å². The van der Waals surface area contributed by atoms with Crippen LogP contribution in [0.25, 0.3) is 5.73 Å². The van der Waals surface area contributed by atoms with Gasteiger partial charge < -0.3 is 5.73 Å². The van der Waals surface area contributed by atoms with Gasteiger partial charge in [-0.3, -0.25) is 0 Å². The fraction of sp³-hybridized carbons (Fsp3) is 1.00. The van der Waals surface area contributed by atoms with Crippen LogP contribution >= 0.6 is 0 Å². The molecule has 0 unspecified atom stereocenters. The summed E-state index contributed by atoms with van der Waals surface area (Å²) >= 11 is 0. The Hall–Kier alpha value is 0.544. The predicted molar refractivity (Wildman–Crippen MR) is 26.2 cm³/mol. The van der Waals surface area contributed by atoms with E-state index in [9.17, 15) is 0 Å². The summed E-state index contributed by atoms with van der Waals surface area (Å²) in [6, 6.07) is 0. The Balaban J connectivity index is -0.0000000275. The smallest absolute Gasteiger partial charge is 0 e. The molecule has 0 aliphatic rings. The van der Waals surface area contributed by atoms with E-state index in [2.05, 4.69) is 0 Å². The summed E-state index contributed by atoms with van der Waals surface area (Å²) in [6.45, 7) is 6.29. The van der Waals surface area contributed by atoms with Crippen molar-refractivity contribution < 1.29 is 18.6 Å². The van der Waals surface area contributed by atoms with Gasteiger partial charge in [0, 0.05) is 18.6 Å². The van der Waals surface area contributed by atoms with E-state index in [-0.39, 0.29) is 18.6 Å². The topological polar surface area (TPSA) is 23.8 Å². The van der Waals surface area contributed by atoms with Crippen LogP contribution in [0.2, 0.25) is 0 Å². The Morgan fingerprint density at radius 3 is 1.33 bits per heavy atom. The Bertz CT molecular complexity index is 7.51. The number of hydrogen-bond acceptors (Lipinski definition) is 0. The van der Waals surface area contributed by atoms with Crippen molar-refractivity contribution in [2.45, 2.75) is 20.8 Å². The van der Waals surface area contributed by atoms with Crippen molar-refractivity contribution in [2.24, 2.45) is 0 Å². The van der Waals surface area contributed by atoms with Gasteiger partial charge >= 0.3 is 0 Å². The summed E-state index contributed by atoms with van der Waals surface area (Å²) in [5.41, 5.74) is 6.21. The molecular formula is C4H12NV-. The number of nitrogens with one attached hydrogen (secondary N) is 1. The average Bonchev–Trinajstić information content (AvgIpc) is 1.46. The predicted octanol–water partition coefficient (Wildman–Crippen LogP) is 2.08. The second kappa shape index (κ2) is 48.0. The van der Waals surface area contributed by atoms with E-state index < -0.39 is 0 Å². The molecule has 6 heavy (non-hydrogen) atoms. The first-order valence-corrected chi connectivity index (χ1v) is 2.06. The zero-order chi connectivity index (χ0) is 4.71. The molecule has 0 aliphatic carbocycles. The minimum Gasteiger partial charge on any atom is -0.678 e. The van der Waals surface area contributed by atoms with E-state index in [4.69, 9.17) is 5.73 Å². The van der Waals surface area contributed by atoms with Crippen LogP contribution in [0.15, 0.2) is 0 Å². The molecule has 1 nitrogen and oxygen atoms in total. The second-order valence-corrected chi connectivity index (χ2v) is 0.354. The van der Waals surface area contributed by atoms with Crippen LogP contribution in [0.4, 0.5) is 0 Å². The summed E-state index contributed by atoms with van der Waals surface area (Å²) < 4.78 is 0. The maximum Gasteiger partial charge on any atom is 0 e. The summed E-state index contributed by atoms with van der Waals surface area (Å²) in [5.74, 6) is 0. The van der Waals surface area contributed by atoms with Gasteiger partial charge in [0.15, 0.2) is 0 Å². The Morgan fingerprint density at radius 1 is 1.33 bits per heavy atom. The van der Waals surface area contributed by atoms with E-state index >= 15 is 0 Å². The number of hydrogen-bond donors (Lipinski definition) is 0. The molecule has 0 fully saturated rings. The zero-order valence-electron chi connectivity index (χ0n) is 4.65. The van der Waals surface area contributed by atoms with Crippen molar-refractivity contribution in [1.82, 2.24) is 0 Å². The normalized spacial score (nSPS) is 4.00. The molecule has 0 saturated heterocycles. The van der Waals surface area contributed by atoms with Gasteiger partial charge in [-0.05, 0) is 0 Å². The average molecular weight is 125 g/mol. The van der Waals surface area contributed by atoms with Gasteiger partial charge in [-0.2, -0.15) is 6.54 Å². The van der Waals surface area contributed by atoms with E-state index in [1.54, 1.807) is 6.92 Å². The summed E-state index contributed by atoms with van der Waals surface area (Å²) in [6.07, 6.45) is 0. The minimum absolute atomic E-state index is 0. The van der Waals surface area contributed by atoms with Crippen LogP contribution in [0.1, 0.15) is 20.8 Å². The first-order chi connectivity index (χ1) is 2.41. The van der Waals surface area contributed by atoms with Crippen LogP contribution in [0, 0.1) is 0 Å². The van der Waals surface area contributed by atoms with Crippen molar-refractivity contribution in [1.29, 1.82) is 0 Å². The molecule has 0 spiro atoms. The van der Waals surface area contributed by atoms with Gasteiger partial charge in [-0.25, -0.2) is 0 Å². The first kappa shape index (κ1) is 16.0. The molecule has 0 bridgehead atoms. The molecule has 0 aromatic heterocycles. The Kier molecular flexibility index (Phi) is 128. The van der Waals surface area contributed by atoms with Crippen molar-refractivity contribution in [3.8, 4) is 0 Å². The zero-order valence-corrected chi connectivity index (χ0v) is 6.05. The van der Waals surface area contributed by atoms with Crippen LogP contribution in [-0.4, -0.2) is 6.54 Å². The van der Waals surface area contributed by atoms with Crippen molar-refractivity contribution in [3.63, 3.8) is 0 Å². The van der Waals surface area contributed by atoms with E-state index in [0.717, 1.165) is 0 Å². The molecule has 39 valence electrons. The summed E-state index contributed by atoms with van der Waals surface area (Å²) in [7, 11) is 0. The van der Waals surface area contributed by atoms with Crippen molar-refractivity contribution >= 4 is 0 Å². The SMILES string of the molecule is CC.CC[NH-].[V]. The fourth-order valence-corrected chi connectivity index (χ4v) is 0. The van der Waals surface area contributed by atoms with Gasteiger partial charge in [0.05, 0.1) is 0 Å². The van der Waals surface area contributed by atoms with E-state index in [0.29, 0.717) is 6.54 Å². The monoisotopic (exact) mass is 125 g/mol. The molecule has 2 heteroatoms. The van der Waals surface area contributed by atoms with E-state index in [1.807, 2.05) is 13.8 Å². The molecule has 0 aliphatic heterocycles. The standard InChI is InChI=1S/C2H6N.C2H6.V/c1-2-3;1-2;/h3H,2H2,1H3;1-2H3;/q-1;;. The molecule has 0 aromatic carbocycles. The first-order valence-electron chi connectivity index (χ1n) is 2.06. The van der Waals surface area contributed by atoms with Crippen LogP contribution in [0.5, 0.6) is 0 Å². The third kappa shape index (κ3) is 193. The second-order valence-electron chi connectivity index (χ2n) is 0.354. The molecule has 0 saturated carbocycles. The molecular weight excluding hydrogens is 113 g/mol. The summed E-state index contributed by atoms with van der Waals surface area (Å²) in [4.78, 5) is 0. The van der Waals surface area contributed by atoms with Crippen LogP contribution in [0.3, 0.4) is 0 Å². The molecule has 0 atom stereocenters. The quantitative estimate of drug-likeness (QED) is 0.473. The maximum absolute atomic E-state index is 6.21. The fourth-order valence-electron chi connectivity index (χ4n) is 0. The van der Waals surface area contributed by atoms with Gasteiger partial charge in [-0.15, -0.1) is 0 Å². The third-order valence-electron chi connectivity index (χ3n) is 0. The molecule has 0 aromatic rings. The number of rotatable bonds is 0. The molecule has 0 heterocycles. The van der Waals surface area contributed by atoms with Crippen LogP contribution < -0.4 is 0 Å². The molecule has 1 radical (unpaired) electrons. The minimum atomic E-state index is 0. The Morgan fingerprint density at radius 2 is 1.33 bits per heavy atom. The van der Waals surface area contributed by atoms with Crippen LogP contribution in [-0.2, 0) is 18.6 Å². The van der Waals surface area contributed by atoms with Gasteiger partial charge in [0.1, 0.15) is 0 Å². The molecule has 0 rings (SSSR count). The summed E-state index contributed by atoms with van der Waals surface area (Å²) in [5, 5.41) is 0. The van der Waals surface area contributed by atoms with Gasteiger partial charge in [-0.1, -0.05) is 20.8 Å². The van der Waals surface area contributed by atoms with Gasteiger partial charge in [0.25, 0.3) is 0 Å². The van der Waals surface area contributed by atoms with E-state index in [1.165, 1.54) is 0 Å². The van der Waals surface area contributed by atoms with Crippen molar-refractivity contribution in [3.05, 3.63) is 5.73 Å². The Labute approximate surface area is 52.2 Å². The largest absolute Gasteiger partial charge is 0.678 e.